The van der Waals surface area contributed by atoms with Gasteiger partial charge in [-0.3, -0.25) is 4.79 Å². The van der Waals surface area contributed by atoms with Crippen LogP contribution in [0.2, 0.25) is 0 Å². The average Bonchev–Trinajstić information content (AvgIpc) is 2.95. The van der Waals surface area contributed by atoms with Gasteiger partial charge in [0.15, 0.2) is 0 Å². The van der Waals surface area contributed by atoms with Gasteiger partial charge in [0.05, 0.1) is 5.41 Å². The number of carbonyl (C=O) groups is 1. The zero-order chi connectivity index (χ0) is 29.4. The maximum Gasteiger partial charge on any atom is 0.309 e. The van der Waals surface area contributed by atoms with Crippen molar-refractivity contribution in [1.29, 1.82) is 0 Å². The summed E-state index contributed by atoms with van der Waals surface area (Å²) in [5, 5.41) is 10.4. The third kappa shape index (κ3) is 25.0. The first kappa shape index (κ1) is 39.2. The average molecular weight is 563 g/mol. The minimum Gasteiger partial charge on any atom is -0.481 e. The molecule has 0 saturated heterocycles. The first-order chi connectivity index (χ1) is 19.6. The Kier molecular flexibility index (Phi) is 30.5. The summed E-state index contributed by atoms with van der Waals surface area (Å²) >= 11 is 0. The van der Waals surface area contributed by atoms with Gasteiger partial charge in [0.25, 0.3) is 0 Å². The molecule has 0 amide bonds. The second-order valence-corrected chi connectivity index (χ2v) is 13.0. The molecule has 1 atom stereocenters. The molecule has 40 heavy (non-hydrogen) atoms. The molecular weight excluding hydrogens is 488 g/mol. The molecule has 1 N–H and O–H groups in total. The SMILES string of the molecule is CCCCCCCC/C=C\CCCCCCC(CCCCCCCC)(CCCCCCCCCCCC)C(=O)O. The smallest absolute Gasteiger partial charge is 0.309 e. The monoisotopic (exact) mass is 563 g/mol. The summed E-state index contributed by atoms with van der Waals surface area (Å²) in [6, 6.07) is 0. The second kappa shape index (κ2) is 31.2. The van der Waals surface area contributed by atoms with E-state index in [-0.39, 0.29) is 0 Å². The van der Waals surface area contributed by atoms with Crippen molar-refractivity contribution >= 4 is 5.97 Å². The number of allylic oxidation sites excluding steroid dienone is 2. The summed E-state index contributed by atoms with van der Waals surface area (Å²) < 4.78 is 0. The molecule has 2 heteroatoms. The second-order valence-electron chi connectivity index (χ2n) is 13.0. The summed E-state index contributed by atoms with van der Waals surface area (Å²) in [5.74, 6) is -0.505. The molecule has 0 radical (unpaired) electrons. The number of aliphatic carboxylic acids is 1. The number of rotatable bonds is 33. The van der Waals surface area contributed by atoms with Gasteiger partial charge in [-0.05, 0) is 44.9 Å². The van der Waals surface area contributed by atoms with Gasteiger partial charge in [-0.2, -0.15) is 0 Å². The van der Waals surface area contributed by atoms with E-state index in [1.807, 2.05) is 0 Å². The van der Waals surface area contributed by atoms with Crippen LogP contribution in [0.4, 0.5) is 0 Å². The number of unbranched alkanes of at least 4 members (excludes halogenated alkanes) is 24. The molecular formula is C38H74O2. The standard InChI is InChI=1S/C38H74O2/c1-4-7-10-13-16-18-20-21-22-23-25-27-30-33-36-38(37(39)40,34-31-28-15-12-9-6-3)35-32-29-26-24-19-17-14-11-8-5-2/h21-22H,4-20,23-36H2,1-3H3,(H,39,40)/b22-21-. The summed E-state index contributed by atoms with van der Waals surface area (Å²) in [4.78, 5) is 12.6. The Labute approximate surface area is 253 Å². The van der Waals surface area contributed by atoms with Crippen molar-refractivity contribution in [2.45, 2.75) is 220 Å². The molecule has 0 fully saturated rings. The molecule has 0 aromatic heterocycles. The summed E-state index contributed by atoms with van der Waals surface area (Å²) in [6.07, 6.45) is 43.5. The third-order valence-electron chi connectivity index (χ3n) is 9.14. The normalized spacial score (nSPS) is 13.3. The summed E-state index contributed by atoms with van der Waals surface area (Å²) in [7, 11) is 0. The van der Waals surface area contributed by atoms with Gasteiger partial charge >= 0.3 is 5.97 Å². The molecule has 0 aromatic rings. The Morgan fingerprint density at radius 1 is 0.425 bits per heavy atom. The van der Waals surface area contributed by atoms with Crippen molar-refractivity contribution < 1.29 is 9.90 Å². The van der Waals surface area contributed by atoms with E-state index in [1.54, 1.807) is 0 Å². The Morgan fingerprint density at radius 2 is 0.675 bits per heavy atom. The van der Waals surface area contributed by atoms with Gasteiger partial charge in [-0.25, -0.2) is 0 Å². The zero-order valence-corrected chi connectivity index (χ0v) is 27.9. The maximum atomic E-state index is 12.6. The van der Waals surface area contributed by atoms with Crippen LogP contribution >= 0.6 is 0 Å². The Hall–Kier alpha value is -0.790. The van der Waals surface area contributed by atoms with E-state index in [1.165, 1.54) is 161 Å². The number of hydrogen-bond donors (Lipinski definition) is 1. The molecule has 0 spiro atoms. The fraction of sp³-hybridized carbons (Fsp3) is 0.921. The van der Waals surface area contributed by atoms with Gasteiger partial charge in [0.2, 0.25) is 0 Å². The highest BCUT2D eigenvalue weighted by Crippen LogP contribution is 2.38. The van der Waals surface area contributed by atoms with Crippen LogP contribution in [0.15, 0.2) is 12.2 Å². The largest absolute Gasteiger partial charge is 0.481 e. The highest BCUT2D eigenvalue weighted by Gasteiger charge is 2.36. The fourth-order valence-electron chi connectivity index (χ4n) is 6.25. The van der Waals surface area contributed by atoms with E-state index in [2.05, 4.69) is 32.9 Å². The van der Waals surface area contributed by atoms with Crippen LogP contribution in [0.5, 0.6) is 0 Å². The lowest BCUT2D eigenvalue weighted by Crippen LogP contribution is -2.31. The summed E-state index contributed by atoms with van der Waals surface area (Å²) in [6.45, 7) is 6.82. The van der Waals surface area contributed by atoms with Crippen molar-refractivity contribution in [2.24, 2.45) is 5.41 Å². The molecule has 0 aliphatic heterocycles. The Bertz CT molecular complexity index is 540. The predicted molar refractivity (Wildman–Crippen MR) is 179 cm³/mol. The molecule has 1 unspecified atom stereocenters. The first-order valence-electron chi connectivity index (χ1n) is 18.5. The summed E-state index contributed by atoms with van der Waals surface area (Å²) in [5.41, 5.74) is -0.470. The van der Waals surface area contributed by atoms with Gasteiger partial charge in [0, 0.05) is 0 Å². The number of carboxylic acid groups (broad SMARTS) is 1. The molecule has 0 aromatic carbocycles. The molecule has 238 valence electrons. The minimum atomic E-state index is -0.505. The maximum absolute atomic E-state index is 12.6. The zero-order valence-electron chi connectivity index (χ0n) is 27.9. The quantitative estimate of drug-likeness (QED) is 0.0638. The lowest BCUT2D eigenvalue weighted by Gasteiger charge is -2.30. The highest BCUT2D eigenvalue weighted by atomic mass is 16.4. The minimum absolute atomic E-state index is 0.470. The van der Waals surface area contributed by atoms with Crippen molar-refractivity contribution in [2.75, 3.05) is 0 Å². The number of hydrogen-bond acceptors (Lipinski definition) is 1. The lowest BCUT2D eigenvalue weighted by atomic mass is 9.74. The van der Waals surface area contributed by atoms with Gasteiger partial charge in [-0.15, -0.1) is 0 Å². The molecule has 2 nitrogen and oxygen atoms in total. The van der Waals surface area contributed by atoms with Gasteiger partial charge in [0.1, 0.15) is 0 Å². The Morgan fingerprint density at radius 3 is 0.950 bits per heavy atom. The van der Waals surface area contributed by atoms with Crippen LogP contribution in [0.25, 0.3) is 0 Å². The Balaban J connectivity index is 4.31. The van der Waals surface area contributed by atoms with Crippen LogP contribution in [0, 0.1) is 5.41 Å². The van der Waals surface area contributed by atoms with Crippen molar-refractivity contribution in [3.05, 3.63) is 12.2 Å². The lowest BCUT2D eigenvalue weighted by molar-refractivity contribution is -0.150. The fourth-order valence-corrected chi connectivity index (χ4v) is 6.25. The van der Waals surface area contributed by atoms with Crippen LogP contribution in [0.1, 0.15) is 220 Å². The van der Waals surface area contributed by atoms with Crippen molar-refractivity contribution in [3.8, 4) is 0 Å². The van der Waals surface area contributed by atoms with E-state index in [0.717, 1.165) is 38.5 Å². The van der Waals surface area contributed by atoms with Crippen LogP contribution in [0.3, 0.4) is 0 Å². The van der Waals surface area contributed by atoms with E-state index < -0.39 is 11.4 Å². The third-order valence-corrected chi connectivity index (χ3v) is 9.14. The van der Waals surface area contributed by atoms with Crippen LogP contribution < -0.4 is 0 Å². The number of carboxylic acids is 1. The first-order valence-corrected chi connectivity index (χ1v) is 18.5. The molecule has 0 heterocycles. The van der Waals surface area contributed by atoms with E-state index in [4.69, 9.17) is 0 Å². The molecule has 0 saturated carbocycles. The molecule has 0 rings (SSSR count). The molecule has 0 bridgehead atoms. The topological polar surface area (TPSA) is 37.3 Å². The van der Waals surface area contributed by atoms with E-state index in [0.29, 0.717) is 0 Å². The van der Waals surface area contributed by atoms with Crippen LogP contribution in [-0.2, 0) is 4.79 Å². The van der Waals surface area contributed by atoms with E-state index >= 15 is 0 Å². The van der Waals surface area contributed by atoms with Crippen molar-refractivity contribution in [3.63, 3.8) is 0 Å². The van der Waals surface area contributed by atoms with Gasteiger partial charge in [-0.1, -0.05) is 187 Å². The molecule has 0 aliphatic carbocycles. The predicted octanol–water partition coefficient (Wildman–Crippen LogP) is 13.8. The van der Waals surface area contributed by atoms with Crippen molar-refractivity contribution in [1.82, 2.24) is 0 Å². The van der Waals surface area contributed by atoms with E-state index in [9.17, 15) is 9.90 Å². The highest BCUT2D eigenvalue weighted by molar-refractivity contribution is 5.74. The van der Waals surface area contributed by atoms with Gasteiger partial charge < -0.3 is 5.11 Å². The molecule has 0 aliphatic rings. The van der Waals surface area contributed by atoms with Crippen LogP contribution in [-0.4, -0.2) is 11.1 Å².